The number of fused-ring (bicyclic) bond motifs is 2. The first-order chi connectivity index (χ1) is 17.3. The molecular formula is C27H27N3O5S. The number of hydrogen-bond acceptors (Lipinski definition) is 8. The van der Waals surface area contributed by atoms with Gasteiger partial charge in [0.15, 0.2) is 16.9 Å². The van der Waals surface area contributed by atoms with E-state index in [2.05, 4.69) is 24.0 Å². The standard InChI is InChI=1S/C27H27N3O5S/c1-14(2)10-11-34-20-9-7-17(13-21(20)33-5)23-22-24(31)18-12-15(3)6-8-19(18)35-25(22)26(32)30(23)27-29-28-16(4)36-27/h6-9,12-14,23H,10-11H2,1-5H3. The molecule has 36 heavy (non-hydrogen) atoms. The number of hydrogen-bond donors (Lipinski definition) is 0. The minimum atomic E-state index is -0.750. The van der Waals surface area contributed by atoms with E-state index in [1.807, 2.05) is 32.0 Å². The second kappa shape index (κ2) is 9.39. The van der Waals surface area contributed by atoms with Crippen molar-refractivity contribution in [3.05, 3.63) is 74.1 Å². The van der Waals surface area contributed by atoms with E-state index in [-0.39, 0.29) is 16.8 Å². The summed E-state index contributed by atoms with van der Waals surface area (Å²) in [5.41, 5.74) is 2.02. The Balaban J connectivity index is 1.68. The molecule has 0 saturated carbocycles. The van der Waals surface area contributed by atoms with Gasteiger partial charge in [-0.25, -0.2) is 0 Å². The Hall–Kier alpha value is -3.72. The van der Waals surface area contributed by atoms with Crippen LogP contribution in [0.2, 0.25) is 0 Å². The van der Waals surface area contributed by atoms with E-state index in [0.717, 1.165) is 12.0 Å². The van der Waals surface area contributed by atoms with Crippen LogP contribution in [0.1, 0.15) is 58.6 Å². The normalized spacial score (nSPS) is 15.1. The Labute approximate surface area is 212 Å². The number of aryl methyl sites for hydroxylation is 2. The maximum absolute atomic E-state index is 13.8. The number of ether oxygens (including phenoxy) is 2. The zero-order valence-corrected chi connectivity index (χ0v) is 21.6. The van der Waals surface area contributed by atoms with Gasteiger partial charge in [0.25, 0.3) is 5.91 Å². The molecule has 0 saturated heterocycles. The summed E-state index contributed by atoms with van der Waals surface area (Å²) in [5, 5.41) is 9.84. The van der Waals surface area contributed by atoms with Crippen LogP contribution in [-0.4, -0.2) is 29.8 Å². The predicted molar refractivity (Wildman–Crippen MR) is 138 cm³/mol. The van der Waals surface area contributed by atoms with Crippen LogP contribution in [-0.2, 0) is 0 Å². The molecule has 1 amide bonds. The molecule has 1 aliphatic rings. The monoisotopic (exact) mass is 505 g/mol. The second-order valence-corrected chi connectivity index (χ2v) is 10.5. The van der Waals surface area contributed by atoms with Crippen LogP contribution in [0, 0.1) is 19.8 Å². The highest BCUT2D eigenvalue weighted by molar-refractivity contribution is 7.15. The Bertz CT molecular complexity index is 1520. The zero-order chi connectivity index (χ0) is 25.6. The number of amides is 1. The topological polar surface area (TPSA) is 94.8 Å². The maximum atomic E-state index is 13.8. The summed E-state index contributed by atoms with van der Waals surface area (Å²) in [6.45, 7) is 8.56. The number of anilines is 1. The number of carbonyl (C=O) groups is 1. The fraction of sp³-hybridized carbons (Fsp3) is 0.333. The van der Waals surface area contributed by atoms with Gasteiger partial charge in [0.2, 0.25) is 10.9 Å². The highest BCUT2D eigenvalue weighted by Crippen LogP contribution is 2.44. The first kappa shape index (κ1) is 24.0. The third-order valence-electron chi connectivity index (χ3n) is 6.20. The van der Waals surface area contributed by atoms with E-state index in [1.165, 1.54) is 16.2 Å². The van der Waals surface area contributed by atoms with E-state index in [4.69, 9.17) is 13.9 Å². The van der Waals surface area contributed by atoms with Gasteiger partial charge < -0.3 is 13.9 Å². The molecule has 9 heteroatoms. The van der Waals surface area contributed by atoms with Crippen molar-refractivity contribution in [2.45, 2.75) is 40.2 Å². The molecule has 8 nitrogen and oxygen atoms in total. The Morgan fingerprint density at radius 3 is 2.58 bits per heavy atom. The van der Waals surface area contributed by atoms with Crippen molar-refractivity contribution in [2.24, 2.45) is 5.92 Å². The lowest BCUT2D eigenvalue weighted by Gasteiger charge is -2.23. The minimum Gasteiger partial charge on any atom is -0.493 e. The van der Waals surface area contributed by atoms with Crippen LogP contribution in [0.5, 0.6) is 11.5 Å². The Morgan fingerprint density at radius 1 is 1.08 bits per heavy atom. The van der Waals surface area contributed by atoms with Crippen molar-refractivity contribution < 1.29 is 18.7 Å². The average molecular weight is 506 g/mol. The average Bonchev–Trinajstić information content (AvgIpc) is 3.40. The molecule has 0 bridgehead atoms. The van der Waals surface area contributed by atoms with Crippen LogP contribution in [0.25, 0.3) is 11.0 Å². The highest BCUT2D eigenvalue weighted by atomic mass is 32.1. The van der Waals surface area contributed by atoms with Crippen LogP contribution in [0.15, 0.2) is 45.6 Å². The van der Waals surface area contributed by atoms with Crippen LogP contribution < -0.4 is 19.8 Å². The molecule has 1 aliphatic heterocycles. The lowest BCUT2D eigenvalue weighted by Crippen LogP contribution is -2.29. The number of methoxy groups -OCH3 is 1. The summed E-state index contributed by atoms with van der Waals surface area (Å²) in [5.74, 6) is 1.22. The van der Waals surface area contributed by atoms with Crippen LogP contribution in [0.3, 0.4) is 0 Å². The molecule has 2 aromatic carbocycles. The molecule has 0 aliphatic carbocycles. The first-order valence-corrected chi connectivity index (χ1v) is 12.6. The zero-order valence-electron chi connectivity index (χ0n) is 20.8. The second-order valence-electron chi connectivity index (χ2n) is 9.30. The van der Waals surface area contributed by atoms with Crippen molar-refractivity contribution in [1.82, 2.24) is 10.2 Å². The molecule has 0 fully saturated rings. The van der Waals surface area contributed by atoms with Gasteiger partial charge in [-0.15, -0.1) is 10.2 Å². The quantitative estimate of drug-likeness (QED) is 0.330. The van der Waals surface area contributed by atoms with E-state index >= 15 is 0 Å². The molecule has 4 aromatic rings. The SMILES string of the molecule is COc1cc(C2c3c(oc4ccc(C)cc4c3=O)C(=O)N2c2nnc(C)s2)ccc1OCCC(C)C. The molecular weight excluding hydrogens is 478 g/mol. The smallest absolute Gasteiger partial charge is 0.297 e. The highest BCUT2D eigenvalue weighted by Gasteiger charge is 2.45. The van der Waals surface area contributed by atoms with Gasteiger partial charge in [-0.2, -0.15) is 0 Å². The molecule has 3 heterocycles. The van der Waals surface area contributed by atoms with E-state index in [9.17, 15) is 9.59 Å². The van der Waals surface area contributed by atoms with Gasteiger partial charge >= 0.3 is 0 Å². The number of benzene rings is 2. The molecule has 1 atom stereocenters. The van der Waals surface area contributed by atoms with Crippen molar-refractivity contribution >= 4 is 33.3 Å². The fourth-order valence-electron chi connectivity index (χ4n) is 4.36. The van der Waals surface area contributed by atoms with Gasteiger partial charge in [-0.05, 0) is 56.0 Å². The molecule has 0 N–H and O–H groups in total. The summed E-state index contributed by atoms with van der Waals surface area (Å²) < 4.78 is 17.6. The van der Waals surface area contributed by atoms with E-state index in [1.54, 1.807) is 25.3 Å². The molecule has 2 aromatic heterocycles. The largest absolute Gasteiger partial charge is 0.493 e. The minimum absolute atomic E-state index is 0.0189. The first-order valence-electron chi connectivity index (χ1n) is 11.8. The van der Waals surface area contributed by atoms with Gasteiger partial charge in [-0.1, -0.05) is 42.9 Å². The summed E-state index contributed by atoms with van der Waals surface area (Å²) in [6.07, 6.45) is 0.910. The van der Waals surface area contributed by atoms with Crippen molar-refractivity contribution in [3.63, 3.8) is 0 Å². The van der Waals surface area contributed by atoms with E-state index in [0.29, 0.717) is 50.7 Å². The predicted octanol–water partition coefficient (Wildman–Crippen LogP) is 5.44. The summed E-state index contributed by atoms with van der Waals surface area (Å²) in [7, 11) is 1.57. The third kappa shape index (κ3) is 4.13. The molecule has 0 radical (unpaired) electrons. The summed E-state index contributed by atoms with van der Waals surface area (Å²) >= 11 is 1.28. The van der Waals surface area contributed by atoms with Crippen LogP contribution in [0.4, 0.5) is 5.13 Å². The van der Waals surface area contributed by atoms with Crippen molar-refractivity contribution in [2.75, 3.05) is 18.6 Å². The summed E-state index contributed by atoms with van der Waals surface area (Å²) in [4.78, 5) is 28.9. The molecule has 186 valence electrons. The fourth-order valence-corrected chi connectivity index (χ4v) is 5.08. The van der Waals surface area contributed by atoms with Gasteiger partial charge in [0, 0.05) is 0 Å². The number of rotatable bonds is 7. The Morgan fingerprint density at radius 2 is 1.89 bits per heavy atom. The third-order valence-corrected chi connectivity index (χ3v) is 7.04. The Kier molecular flexibility index (Phi) is 6.26. The maximum Gasteiger partial charge on any atom is 0.297 e. The number of carbonyl (C=O) groups excluding carboxylic acids is 1. The number of aromatic nitrogens is 2. The van der Waals surface area contributed by atoms with Gasteiger partial charge in [-0.3, -0.25) is 14.5 Å². The van der Waals surface area contributed by atoms with E-state index < -0.39 is 11.9 Å². The van der Waals surface area contributed by atoms with Crippen molar-refractivity contribution in [3.8, 4) is 11.5 Å². The lowest BCUT2D eigenvalue weighted by molar-refractivity contribution is 0.0970. The molecule has 5 rings (SSSR count). The van der Waals surface area contributed by atoms with Gasteiger partial charge in [0.1, 0.15) is 10.6 Å². The van der Waals surface area contributed by atoms with Crippen LogP contribution >= 0.6 is 11.3 Å². The lowest BCUT2D eigenvalue weighted by atomic mass is 9.98. The molecule has 0 spiro atoms. The van der Waals surface area contributed by atoms with Crippen molar-refractivity contribution in [1.29, 1.82) is 0 Å². The molecule has 1 unspecified atom stereocenters. The van der Waals surface area contributed by atoms with Gasteiger partial charge in [0.05, 0.1) is 30.7 Å². The summed E-state index contributed by atoms with van der Waals surface area (Å²) in [6, 6.07) is 10.1. The number of nitrogens with zero attached hydrogens (tertiary/aromatic N) is 3.